The SMILES string of the molecule is CCOC1CC(NC(=NC)NCc2csc(C(C)C)n2)C12CCCC2. The zero-order valence-electron chi connectivity index (χ0n) is 16.0. The Morgan fingerprint density at radius 3 is 2.80 bits per heavy atom. The number of thiazole rings is 1. The fraction of sp³-hybridized carbons (Fsp3) is 0.789. The molecule has 2 N–H and O–H groups in total. The van der Waals surface area contributed by atoms with Crippen molar-refractivity contribution >= 4 is 17.3 Å². The van der Waals surface area contributed by atoms with E-state index in [0.717, 1.165) is 31.2 Å². The van der Waals surface area contributed by atoms with Crippen molar-refractivity contribution in [1.29, 1.82) is 0 Å². The molecule has 0 bridgehead atoms. The molecule has 2 unspecified atom stereocenters. The first-order valence-electron chi connectivity index (χ1n) is 9.62. The molecule has 1 aromatic rings. The maximum atomic E-state index is 6.01. The fourth-order valence-corrected chi connectivity index (χ4v) is 5.13. The number of ether oxygens (including phenoxy) is 1. The third kappa shape index (κ3) is 3.85. The van der Waals surface area contributed by atoms with E-state index in [2.05, 4.69) is 46.8 Å². The van der Waals surface area contributed by atoms with Gasteiger partial charge in [-0.05, 0) is 26.2 Å². The van der Waals surface area contributed by atoms with Gasteiger partial charge in [-0.2, -0.15) is 0 Å². The second-order valence-corrected chi connectivity index (χ2v) is 8.46. The molecule has 2 atom stereocenters. The average Bonchev–Trinajstić information content (AvgIpc) is 3.27. The zero-order valence-corrected chi connectivity index (χ0v) is 16.8. The lowest BCUT2D eigenvalue weighted by Gasteiger charge is -2.54. The number of rotatable bonds is 6. The normalized spacial score (nSPS) is 25.4. The molecule has 2 aliphatic carbocycles. The number of guanidine groups is 1. The molecule has 1 heterocycles. The summed E-state index contributed by atoms with van der Waals surface area (Å²) in [5, 5.41) is 10.4. The summed E-state index contributed by atoms with van der Waals surface area (Å²) in [6.45, 7) is 8.00. The van der Waals surface area contributed by atoms with Gasteiger partial charge in [-0.1, -0.05) is 26.7 Å². The van der Waals surface area contributed by atoms with Gasteiger partial charge in [0.1, 0.15) is 0 Å². The summed E-state index contributed by atoms with van der Waals surface area (Å²) in [6.07, 6.45) is 6.70. The van der Waals surface area contributed by atoms with Gasteiger partial charge in [-0.15, -0.1) is 11.3 Å². The van der Waals surface area contributed by atoms with Crippen LogP contribution in [-0.2, 0) is 11.3 Å². The number of aromatic nitrogens is 1. The summed E-state index contributed by atoms with van der Waals surface area (Å²) in [4.78, 5) is 9.11. The maximum Gasteiger partial charge on any atom is 0.191 e. The van der Waals surface area contributed by atoms with Crippen molar-refractivity contribution in [2.45, 2.75) is 77.5 Å². The number of nitrogens with one attached hydrogen (secondary N) is 2. The van der Waals surface area contributed by atoms with Crippen molar-refractivity contribution in [3.63, 3.8) is 0 Å². The van der Waals surface area contributed by atoms with E-state index < -0.39 is 0 Å². The fourth-order valence-electron chi connectivity index (χ4n) is 4.29. The molecule has 2 fully saturated rings. The van der Waals surface area contributed by atoms with Crippen molar-refractivity contribution in [2.24, 2.45) is 10.4 Å². The monoisotopic (exact) mass is 364 g/mol. The zero-order chi connectivity index (χ0) is 17.9. The smallest absolute Gasteiger partial charge is 0.191 e. The Bertz CT molecular complexity index is 592. The van der Waals surface area contributed by atoms with Gasteiger partial charge in [0.2, 0.25) is 0 Å². The molecule has 3 rings (SSSR count). The first kappa shape index (κ1) is 18.6. The summed E-state index contributed by atoms with van der Waals surface area (Å²) in [5.74, 6) is 1.37. The van der Waals surface area contributed by atoms with E-state index in [1.54, 1.807) is 11.3 Å². The second-order valence-electron chi connectivity index (χ2n) is 7.57. The van der Waals surface area contributed by atoms with Crippen LogP contribution in [0.1, 0.15) is 69.5 Å². The van der Waals surface area contributed by atoms with Crippen LogP contribution in [0.3, 0.4) is 0 Å². The molecular weight excluding hydrogens is 332 g/mol. The van der Waals surface area contributed by atoms with E-state index in [9.17, 15) is 0 Å². The first-order chi connectivity index (χ1) is 12.1. The predicted molar refractivity (Wildman–Crippen MR) is 104 cm³/mol. The van der Waals surface area contributed by atoms with Crippen LogP contribution in [0.15, 0.2) is 10.4 Å². The Morgan fingerprint density at radius 1 is 1.44 bits per heavy atom. The highest BCUT2D eigenvalue weighted by molar-refractivity contribution is 7.09. The van der Waals surface area contributed by atoms with Crippen molar-refractivity contribution in [2.75, 3.05) is 13.7 Å². The van der Waals surface area contributed by atoms with E-state index in [-0.39, 0.29) is 0 Å². The summed E-state index contributed by atoms with van der Waals surface area (Å²) in [6, 6.07) is 0.472. The van der Waals surface area contributed by atoms with Gasteiger partial charge >= 0.3 is 0 Å². The molecule has 140 valence electrons. The Labute approximate surface area is 155 Å². The number of nitrogens with zero attached hydrogens (tertiary/aromatic N) is 2. The lowest BCUT2D eigenvalue weighted by molar-refractivity contribution is -0.125. The lowest BCUT2D eigenvalue weighted by Crippen LogP contribution is -2.65. The van der Waals surface area contributed by atoms with Crippen molar-refractivity contribution < 1.29 is 4.74 Å². The molecule has 5 nitrogen and oxygen atoms in total. The third-order valence-electron chi connectivity index (χ3n) is 5.72. The van der Waals surface area contributed by atoms with Gasteiger partial charge in [-0.3, -0.25) is 4.99 Å². The second kappa shape index (κ2) is 8.04. The molecule has 2 aliphatic rings. The van der Waals surface area contributed by atoms with Crippen molar-refractivity contribution in [3.8, 4) is 0 Å². The van der Waals surface area contributed by atoms with E-state index >= 15 is 0 Å². The molecule has 6 heteroatoms. The van der Waals surface area contributed by atoms with Gasteiger partial charge in [0, 0.05) is 36.4 Å². The van der Waals surface area contributed by atoms with Gasteiger partial charge in [0.05, 0.1) is 23.4 Å². The highest BCUT2D eigenvalue weighted by Gasteiger charge is 2.56. The molecule has 1 aromatic heterocycles. The van der Waals surface area contributed by atoms with Gasteiger partial charge in [0.15, 0.2) is 5.96 Å². The summed E-state index contributed by atoms with van der Waals surface area (Å²) in [5.41, 5.74) is 1.41. The van der Waals surface area contributed by atoms with Gasteiger partial charge in [0.25, 0.3) is 0 Å². The summed E-state index contributed by atoms with van der Waals surface area (Å²) in [7, 11) is 1.84. The van der Waals surface area contributed by atoms with Crippen LogP contribution in [0.25, 0.3) is 0 Å². The summed E-state index contributed by atoms with van der Waals surface area (Å²) >= 11 is 1.74. The Kier molecular flexibility index (Phi) is 6.00. The van der Waals surface area contributed by atoms with E-state index in [1.165, 1.54) is 30.7 Å². The van der Waals surface area contributed by atoms with E-state index in [1.807, 2.05) is 7.05 Å². The van der Waals surface area contributed by atoms with Crippen LogP contribution >= 0.6 is 11.3 Å². The third-order valence-corrected chi connectivity index (χ3v) is 6.92. The molecule has 0 amide bonds. The van der Waals surface area contributed by atoms with Crippen LogP contribution < -0.4 is 10.6 Å². The topological polar surface area (TPSA) is 58.5 Å². The predicted octanol–water partition coefficient (Wildman–Crippen LogP) is 3.67. The van der Waals surface area contributed by atoms with Crippen LogP contribution in [0.5, 0.6) is 0 Å². The Hall–Kier alpha value is -1.14. The molecule has 0 aromatic carbocycles. The van der Waals surface area contributed by atoms with Crippen LogP contribution in [0.4, 0.5) is 0 Å². The minimum Gasteiger partial charge on any atom is -0.378 e. The van der Waals surface area contributed by atoms with Crippen LogP contribution in [0.2, 0.25) is 0 Å². The number of hydrogen-bond donors (Lipinski definition) is 2. The van der Waals surface area contributed by atoms with E-state index in [0.29, 0.717) is 23.5 Å². The Balaban J connectivity index is 1.55. The molecule has 0 saturated heterocycles. The van der Waals surface area contributed by atoms with Crippen LogP contribution in [-0.4, -0.2) is 36.7 Å². The van der Waals surface area contributed by atoms with Crippen molar-refractivity contribution in [3.05, 3.63) is 16.1 Å². The number of aliphatic imine (C=N–C) groups is 1. The maximum absolute atomic E-state index is 6.01. The van der Waals surface area contributed by atoms with Crippen molar-refractivity contribution in [1.82, 2.24) is 15.6 Å². The average molecular weight is 365 g/mol. The first-order valence-corrected chi connectivity index (χ1v) is 10.5. The minimum atomic E-state index is 0.319. The highest BCUT2D eigenvalue weighted by Crippen LogP contribution is 2.54. The molecule has 1 spiro atoms. The van der Waals surface area contributed by atoms with E-state index in [4.69, 9.17) is 4.74 Å². The largest absolute Gasteiger partial charge is 0.378 e. The molecule has 0 radical (unpaired) electrons. The molecule has 0 aliphatic heterocycles. The molecule has 2 saturated carbocycles. The Morgan fingerprint density at radius 2 is 2.20 bits per heavy atom. The van der Waals surface area contributed by atoms with Crippen LogP contribution in [0, 0.1) is 5.41 Å². The molecule has 25 heavy (non-hydrogen) atoms. The highest BCUT2D eigenvalue weighted by atomic mass is 32.1. The van der Waals surface area contributed by atoms with Gasteiger partial charge in [-0.25, -0.2) is 4.98 Å². The van der Waals surface area contributed by atoms with Gasteiger partial charge < -0.3 is 15.4 Å². The molecular formula is C19H32N4OS. The standard InChI is InChI=1S/C19H32N4OS/c1-5-24-16-10-15(19(16)8-6-7-9-19)23-18(20-4)21-11-14-12-25-17(22-14)13(2)3/h12-13,15-16H,5-11H2,1-4H3,(H2,20,21,23). The number of hydrogen-bond acceptors (Lipinski definition) is 4. The summed E-state index contributed by atoms with van der Waals surface area (Å²) < 4.78 is 6.01. The lowest BCUT2D eigenvalue weighted by atomic mass is 9.60. The minimum absolute atomic E-state index is 0.319. The quantitative estimate of drug-likeness (QED) is 0.597.